The maximum atomic E-state index is 11.3. The molecule has 0 aromatic carbocycles. The van der Waals surface area contributed by atoms with Gasteiger partial charge in [0, 0.05) is 20.0 Å². The zero-order valence-electron chi connectivity index (χ0n) is 6.48. The van der Waals surface area contributed by atoms with Gasteiger partial charge in [-0.25, -0.2) is 5.43 Å². The van der Waals surface area contributed by atoms with Crippen LogP contribution in [0.25, 0.3) is 0 Å². The minimum atomic E-state index is 0.242. The van der Waals surface area contributed by atoms with E-state index in [9.17, 15) is 4.79 Å². The van der Waals surface area contributed by atoms with E-state index in [0.717, 1.165) is 24.5 Å². The number of ketones is 1. The second kappa shape index (κ2) is 2.23. The zero-order valence-corrected chi connectivity index (χ0v) is 6.48. The van der Waals surface area contributed by atoms with Gasteiger partial charge in [-0.3, -0.25) is 4.79 Å². The number of allylic oxidation sites excluding steroid dienone is 1. The van der Waals surface area contributed by atoms with Crippen LogP contribution in [0.1, 0.15) is 6.42 Å². The van der Waals surface area contributed by atoms with Crippen LogP contribution in [0, 0.1) is 0 Å². The van der Waals surface area contributed by atoms with Crippen molar-refractivity contribution >= 4 is 5.78 Å². The molecule has 2 aliphatic heterocycles. The molecular formula is C7H11N3O. The molecule has 4 nitrogen and oxygen atoms in total. The van der Waals surface area contributed by atoms with Crippen LogP contribution in [0.15, 0.2) is 11.4 Å². The molecule has 0 fully saturated rings. The van der Waals surface area contributed by atoms with Gasteiger partial charge in [-0.05, 0) is 0 Å². The molecule has 0 aliphatic carbocycles. The summed E-state index contributed by atoms with van der Waals surface area (Å²) < 4.78 is 0. The van der Waals surface area contributed by atoms with Crippen molar-refractivity contribution in [1.82, 2.24) is 15.8 Å². The Hall–Kier alpha value is -1.03. The highest BCUT2D eigenvalue weighted by Crippen LogP contribution is 2.16. The monoisotopic (exact) mass is 153 g/mol. The van der Waals surface area contributed by atoms with Crippen LogP contribution in [-0.2, 0) is 4.79 Å². The number of rotatable bonds is 0. The lowest BCUT2D eigenvalue weighted by Crippen LogP contribution is -2.32. The summed E-state index contributed by atoms with van der Waals surface area (Å²) in [5.74, 6) is 0.242. The van der Waals surface area contributed by atoms with Gasteiger partial charge in [0.05, 0.1) is 12.2 Å². The van der Waals surface area contributed by atoms with Crippen molar-refractivity contribution < 1.29 is 4.79 Å². The molecule has 0 aromatic heterocycles. The molecule has 60 valence electrons. The maximum Gasteiger partial charge on any atom is 0.183 e. The second-order valence-corrected chi connectivity index (χ2v) is 2.82. The number of hydrogen-bond acceptors (Lipinski definition) is 4. The summed E-state index contributed by atoms with van der Waals surface area (Å²) >= 11 is 0. The Morgan fingerprint density at radius 2 is 2.36 bits per heavy atom. The van der Waals surface area contributed by atoms with E-state index in [-0.39, 0.29) is 5.78 Å². The van der Waals surface area contributed by atoms with E-state index < -0.39 is 0 Å². The largest absolute Gasteiger partial charge is 0.385 e. The number of nitrogens with zero attached hydrogens (tertiary/aromatic N) is 1. The summed E-state index contributed by atoms with van der Waals surface area (Å²) in [4.78, 5) is 11.3. The standard InChI is InChI=1S/C7H11N3O/c1-10-7-5(4-9-10)8-3-2-6(7)11/h8-9H,2-4H2,1H3. The third kappa shape index (κ3) is 0.903. The van der Waals surface area contributed by atoms with Gasteiger partial charge in [-0.1, -0.05) is 0 Å². The summed E-state index contributed by atoms with van der Waals surface area (Å²) in [5, 5.41) is 4.99. The summed E-state index contributed by atoms with van der Waals surface area (Å²) in [6, 6.07) is 0. The minimum Gasteiger partial charge on any atom is -0.385 e. The van der Waals surface area contributed by atoms with Crippen LogP contribution in [-0.4, -0.2) is 30.9 Å². The average Bonchev–Trinajstić information content (AvgIpc) is 2.34. The summed E-state index contributed by atoms with van der Waals surface area (Å²) in [6.45, 7) is 1.55. The number of hydrazine groups is 1. The third-order valence-corrected chi connectivity index (χ3v) is 2.07. The Labute approximate surface area is 65.2 Å². The SMILES string of the molecule is CN1NCC2=C1C(=O)CCN2. The molecule has 0 saturated heterocycles. The normalized spacial score (nSPS) is 23.7. The molecule has 2 heterocycles. The van der Waals surface area contributed by atoms with Crippen LogP contribution in [0.3, 0.4) is 0 Å². The van der Waals surface area contributed by atoms with E-state index in [1.54, 1.807) is 5.01 Å². The van der Waals surface area contributed by atoms with Gasteiger partial charge in [-0.15, -0.1) is 0 Å². The van der Waals surface area contributed by atoms with Crippen molar-refractivity contribution in [2.24, 2.45) is 0 Å². The molecule has 0 aromatic rings. The highest BCUT2D eigenvalue weighted by Gasteiger charge is 2.27. The van der Waals surface area contributed by atoms with Crippen molar-refractivity contribution in [3.8, 4) is 0 Å². The van der Waals surface area contributed by atoms with E-state index in [1.165, 1.54) is 0 Å². The molecule has 2 aliphatic rings. The lowest BCUT2D eigenvalue weighted by molar-refractivity contribution is -0.117. The fourth-order valence-corrected chi connectivity index (χ4v) is 1.51. The molecule has 0 atom stereocenters. The lowest BCUT2D eigenvalue weighted by Gasteiger charge is -2.18. The predicted molar refractivity (Wildman–Crippen MR) is 40.4 cm³/mol. The number of likely N-dealkylation sites (N-methyl/N-ethyl adjacent to an activating group) is 1. The summed E-state index contributed by atoms with van der Waals surface area (Å²) in [5.41, 5.74) is 4.93. The molecular weight excluding hydrogens is 142 g/mol. The molecule has 2 N–H and O–H groups in total. The van der Waals surface area contributed by atoms with Crippen LogP contribution < -0.4 is 10.7 Å². The van der Waals surface area contributed by atoms with Crippen LogP contribution in [0.2, 0.25) is 0 Å². The number of carbonyl (C=O) groups is 1. The first-order valence-corrected chi connectivity index (χ1v) is 3.76. The van der Waals surface area contributed by atoms with Gasteiger partial charge < -0.3 is 10.3 Å². The first-order valence-electron chi connectivity index (χ1n) is 3.76. The Morgan fingerprint density at radius 1 is 1.55 bits per heavy atom. The quantitative estimate of drug-likeness (QED) is 0.478. The van der Waals surface area contributed by atoms with Gasteiger partial charge in [0.15, 0.2) is 5.78 Å². The molecule has 0 saturated carbocycles. The molecule has 0 radical (unpaired) electrons. The van der Waals surface area contributed by atoms with E-state index in [0.29, 0.717) is 6.42 Å². The Bertz CT molecular complexity index is 234. The van der Waals surface area contributed by atoms with E-state index in [1.807, 2.05) is 7.05 Å². The van der Waals surface area contributed by atoms with Gasteiger partial charge in [0.1, 0.15) is 5.70 Å². The van der Waals surface area contributed by atoms with Crippen molar-refractivity contribution in [2.45, 2.75) is 6.42 Å². The Balaban J connectivity index is 2.34. The molecule has 0 unspecified atom stereocenters. The number of hydrogen-bond donors (Lipinski definition) is 2. The Morgan fingerprint density at radius 3 is 3.09 bits per heavy atom. The molecule has 0 bridgehead atoms. The zero-order chi connectivity index (χ0) is 7.84. The number of carbonyl (C=O) groups excluding carboxylic acids is 1. The molecule has 11 heavy (non-hydrogen) atoms. The van der Waals surface area contributed by atoms with Crippen molar-refractivity contribution in [3.63, 3.8) is 0 Å². The third-order valence-electron chi connectivity index (χ3n) is 2.07. The van der Waals surface area contributed by atoms with E-state index in [2.05, 4.69) is 10.7 Å². The van der Waals surface area contributed by atoms with Gasteiger partial charge >= 0.3 is 0 Å². The predicted octanol–water partition coefficient (Wildman–Crippen LogP) is -0.790. The number of Topliss-reactive ketones (excluding diaryl/α,β-unsaturated/α-hetero) is 1. The first-order chi connectivity index (χ1) is 5.29. The second-order valence-electron chi connectivity index (χ2n) is 2.82. The van der Waals surface area contributed by atoms with Gasteiger partial charge in [0.2, 0.25) is 0 Å². The van der Waals surface area contributed by atoms with E-state index >= 15 is 0 Å². The van der Waals surface area contributed by atoms with E-state index in [4.69, 9.17) is 0 Å². The topological polar surface area (TPSA) is 44.4 Å². The van der Waals surface area contributed by atoms with Crippen LogP contribution in [0.5, 0.6) is 0 Å². The number of nitrogens with one attached hydrogen (secondary N) is 2. The molecule has 0 spiro atoms. The van der Waals surface area contributed by atoms with Crippen LogP contribution >= 0.6 is 0 Å². The molecule has 0 amide bonds. The maximum absolute atomic E-state index is 11.3. The van der Waals surface area contributed by atoms with Crippen molar-refractivity contribution in [1.29, 1.82) is 0 Å². The van der Waals surface area contributed by atoms with Crippen molar-refractivity contribution in [3.05, 3.63) is 11.4 Å². The average molecular weight is 153 g/mol. The first kappa shape index (κ1) is 6.67. The Kier molecular flexibility index (Phi) is 1.35. The van der Waals surface area contributed by atoms with Gasteiger partial charge in [0.25, 0.3) is 0 Å². The fourth-order valence-electron chi connectivity index (χ4n) is 1.51. The fraction of sp³-hybridized carbons (Fsp3) is 0.571. The highest BCUT2D eigenvalue weighted by atomic mass is 16.1. The minimum absolute atomic E-state index is 0.242. The van der Waals surface area contributed by atoms with Crippen LogP contribution in [0.4, 0.5) is 0 Å². The summed E-state index contributed by atoms with van der Waals surface area (Å²) in [7, 11) is 1.87. The molecule has 4 heteroatoms. The molecule has 2 rings (SSSR count). The smallest absolute Gasteiger partial charge is 0.183 e. The van der Waals surface area contributed by atoms with Gasteiger partial charge in [-0.2, -0.15) is 0 Å². The summed E-state index contributed by atoms with van der Waals surface area (Å²) in [6.07, 6.45) is 0.616. The highest BCUT2D eigenvalue weighted by molar-refractivity contribution is 5.96. The van der Waals surface area contributed by atoms with Crippen molar-refractivity contribution in [2.75, 3.05) is 20.1 Å². The lowest BCUT2D eigenvalue weighted by atomic mass is 10.1.